The van der Waals surface area contributed by atoms with E-state index in [1.165, 1.54) is 10.2 Å². The van der Waals surface area contributed by atoms with Gasteiger partial charge in [-0.2, -0.15) is 0 Å². The minimum absolute atomic E-state index is 0.0764. The van der Waals surface area contributed by atoms with E-state index >= 15 is 0 Å². The van der Waals surface area contributed by atoms with Crippen LogP contribution in [0.1, 0.15) is 30.6 Å². The molecule has 0 aliphatic carbocycles. The molecule has 0 aliphatic rings. The second-order valence-electron chi connectivity index (χ2n) is 4.94. The first-order valence-electron chi connectivity index (χ1n) is 7.15. The van der Waals surface area contributed by atoms with Gasteiger partial charge in [0.1, 0.15) is 6.54 Å². The summed E-state index contributed by atoms with van der Waals surface area (Å²) in [5.41, 5.74) is 7.79. The third-order valence-corrected chi connectivity index (χ3v) is 3.26. The average Bonchev–Trinajstić information content (AvgIpc) is 2.96. The molecular formula is C15H21N5O. The van der Waals surface area contributed by atoms with Crippen molar-refractivity contribution in [2.45, 2.75) is 32.4 Å². The van der Waals surface area contributed by atoms with E-state index in [2.05, 4.69) is 15.6 Å². The Morgan fingerprint density at radius 3 is 2.86 bits per heavy atom. The van der Waals surface area contributed by atoms with Crippen molar-refractivity contribution in [3.63, 3.8) is 0 Å². The lowest BCUT2D eigenvalue weighted by Gasteiger charge is -2.05. The molecular weight excluding hydrogens is 266 g/mol. The monoisotopic (exact) mass is 287 g/mol. The number of nitrogens with two attached hydrogens (primary N) is 1. The second kappa shape index (κ2) is 7.54. The smallest absolute Gasteiger partial charge is 0.241 e. The largest absolute Gasteiger partial charge is 0.354 e. The molecule has 0 aliphatic heterocycles. The van der Waals surface area contributed by atoms with Gasteiger partial charge < -0.3 is 11.1 Å². The number of nitrogens with one attached hydrogen (secondary N) is 1. The SMILES string of the molecule is CCC(N)c1cn(CC(=O)NCCc2ccccc2)nn1. The molecule has 1 aromatic heterocycles. The third kappa shape index (κ3) is 4.68. The van der Waals surface area contributed by atoms with Gasteiger partial charge in [-0.25, -0.2) is 4.68 Å². The van der Waals surface area contributed by atoms with Gasteiger partial charge in [-0.15, -0.1) is 5.10 Å². The van der Waals surface area contributed by atoms with Gasteiger partial charge in [-0.3, -0.25) is 4.79 Å². The van der Waals surface area contributed by atoms with E-state index in [0.717, 1.165) is 18.5 Å². The molecule has 1 heterocycles. The van der Waals surface area contributed by atoms with Gasteiger partial charge >= 0.3 is 0 Å². The van der Waals surface area contributed by atoms with Crippen molar-refractivity contribution < 1.29 is 4.79 Å². The number of hydrogen-bond donors (Lipinski definition) is 2. The quantitative estimate of drug-likeness (QED) is 0.797. The highest BCUT2D eigenvalue weighted by atomic mass is 16.2. The fourth-order valence-corrected chi connectivity index (χ4v) is 1.96. The van der Waals surface area contributed by atoms with E-state index in [1.807, 2.05) is 37.3 Å². The van der Waals surface area contributed by atoms with Crippen molar-refractivity contribution in [2.75, 3.05) is 6.54 Å². The van der Waals surface area contributed by atoms with Gasteiger partial charge in [0.2, 0.25) is 5.91 Å². The Morgan fingerprint density at radius 2 is 2.14 bits per heavy atom. The zero-order valence-electron chi connectivity index (χ0n) is 12.2. The maximum atomic E-state index is 11.8. The Hall–Kier alpha value is -2.21. The van der Waals surface area contributed by atoms with Crippen LogP contribution in [0.4, 0.5) is 0 Å². The van der Waals surface area contributed by atoms with Crippen molar-refractivity contribution in [1.29, 1.82) is 0 Å². The Kier molecular flexibility index (Phi) is 5.45. The van der Waals surface area contributed by atoms with Crippen molar-refractivity contribution in [1.82, 2.24) is 20.3 Å². The van der Waals surface area contributed by atoms with Gasteiger partial charge in [0, 0.05) is 6.54 Å². The van der Waals surface area contributed by atoms with Crippen LogP contribution >= 0.6 is 0 Å². The average molecular weight is 287 g/mol. The lowest BCUT2D eigenvalue weighted by atomic mass is 10.1. The zero-order chi connectivity index (χ0) is 15.1. The van der Waals surface area contributed by atoms with E-state index in [9.17, 15) is 4.79 Å². The van der Waals surface area contributed by atoms with Crippen LogP contribution in [0.25, 0.3) is 0 Å². The molecule has 0 fully saturated rings. The van der Waals surface area contributed by atoms with Crippen molar-refractivity contribution >= 4 is 5.91 Å². The number of carbonyl (C=O) groups excluding carboxylic acids is 1. The van der Waals surface area contributed by atoms with Crippen LogP contribution < -0.4 is 11.1 Å². The topological polar surface area (TPSA) is 85.8 Å². The third-order valence-electron chi connectivity index (χ3n) is 3.26. The predicted octanol–water partition coefficient (Wildman–Crippen LogP) is 1.05. The summed E-state index contributed by atoms with van der Waals surface area (Å²) in [5.74, 6) is -0.0764. The molecule has 1 amide bonds. The van der Waals surface area contributed by atoms with Crippen LogP contribution in [0.5, 0.6) is 0 Å². The van der Waals surface area contributed by atoms with E-state index in [1.54, 1.807) is 6.20 Å². The molecule has 1 atom stereocenters. The van der Waals surface area contributed by atoms with Crippen LogP contribution in [-0.2, 0) is 17.8 Å². The normalized spacial score (nSPS) is 12.1. The summed E-state index contributed by atoms with van der Waals surface area (Å²) in [6, 6.07) is 9.92. The molecule has 3 N–H and O–H groups in total. The van der Waals surface area contributed by atoms with Gasteiger partial charge in [-0.05, 0) is 18.4 Å². The second-order valence-corrected chi connectivity index (χ2v) is 4.94. The van der Waals surface area contributed by atoms with E-state index < -0.39 is 0 Å². The minimum Gasteiger partial charge on any atom is -0.354 e. The summed E-state index contributed by atoms with van der Waals surface area (Å²) in [7, 11) is 0. The standard InChI is InChI=1S/C15H21N5O/c1-2-13(16)14-10-20(19-18-14)11-15(21)17-9-8-12-6-4-3-5-7-12/h3-7,10,13H,2,8-9,11,16H2,1H3,(H,17,21). The summed E-state index contributed by atoms with van der Waals surface area (Å²) in [4.78, 5) is 11.8. The number of carbonyl (C=O) groups is 1. The Morgan fingerprint density at radius 1 is 1.38 bits per heavy atom. The van der Waals surface area contributed by atoms with Crippen LogP contribution in [0.3, 0.4) is 0 Å². The molecule has 0 spiro atoms. The van der Waals surface area contributed by atoms with Crippen molar-refractivity contribution in [2.24, 2.45) is 5.73 Å². The first-order valence-corrected chi connectivity index (χ1v) is 7.15. The first kappa shape index (κ1) is 15.2. The lowest BCUT2D eigenvalue weighted by Crippen LogP contribution is -2.29. The highest BCUT2D eigenvalue weighted by Gasteiger charge is 2.10. The van der Waals surface area contributed by atoms with Gasteiger partial charge in [0.25, 0.3) is 0 Å². The van der Waals surface area contributed by atoms with Crippen LogP contribution in [0.15, 0.2) is 36.5 Å². The highest BCUT2D eigenvalue weighted by molar-refractivity contribution is 5.75. The Bertz CT molecular complexity index is 566. The number of nitrogens with zero attached hydrogens (tertiary/aromatic N) is 3. The molecule has 0 saturated carbocycles. The van der Waals surface area contributed by atoms with Gasteiger partial charge in [-0.1, -0.05) is 42.5 Å². The molecule has 0 bridgehead atoms. The summed E-state index contributed by atoms with van der Waals surface area (Å²) < 4.78 is 1.52. The van der Waals surface area contributed by atoms with E-state index in [-0.39, 0.29) is 18.5 Å². The molecule has 1 unspecified atom stereocenters. The lowest BCUT2D eigenvalue weighted by molar-refractivity contribution is -0.121. The molecule has 2 rings (SSSR count). The van der Waals surface area contributed by atoms with Crippen LogP contribution in [-0.4, -0.2) is 27.4 Å². The maximum absolute atomic E-state index is 11.8. The van der Waals surface area contributed by atoms with Crippen LogP contribution in [0, 0.1) is 0 Å². The van der Waals surface area contributed by atoms with Gasteiger partial charge in [0.05, 0.1) is 17.9 Å². The highest BCUT2D eigenvalue weighted by Crippen LogP contribution is 2.08. The molecule has 0 saturated heterocycles. The Labute approximate surface area is 124 Å². The maximum Gasteiger partial charge on any atom is 0.241 e. The summed E-state index contributed by atoms with van der Waals surface area (Å²) in [6.07, 6.45) is 3.34. The summed E-state index contributed by atoms with van der Waals surface area (Å²) in [6.45, 7) is 2.76. The fourth-order valence-electron chi connectivity index (χ4n) is 1.96. The van der Waals surface area contributed by atoms with Crippen molar-refractivity contribution in [3.8, 4) is 0 Å². The van der Waals surface area contributed by atoms with Gasteiger partial charge in [0.15, 0.2) is 0 Å². The number of benzene rings is 1. The molecule has 6 nitrogen and oxygen atoms in total. The molecule has 1 aromatic carbocycles. The van der Waals surface area contributed by atoms with E-state index in [4.69, 9.17) is 5.73 Å². The number of aromatic nitrogens is 3. The molecule has 112 valence electrons. The minimum atomic E-state index is -0.125. The molecule has 2 aromatic rings. The molecule has 0 radical (unpaired) electrons. The predicted molar refractivity (Wildman–Crippen MR) is 80.4 cm³/mol. The number of rotatable bonds is 7. The first-order chi connectivity index (χ1) is 10.2. The summed E-state index contributed by atoms with van der Waals surface area (Å²) in [5, 5.41) is 10.8. The van der Waals surface area contributed by atoms with Crippen molar-refractivity contribution in [3.05, 3.63) is 47.8 Å². The Balaban J connectivity index is 1.75. The molecule has 21 heavy (non-hydrogen) atoms. The van der Waals surface area contributed by atoms with E-state index in [0.29, 0.717) is 6.54 Å². The number of amides is 1. The number of hydrogen-bond acceptors (Lipinski definition) is 4. The zero-order valence-corrected chi connectivity index (χ0v) is 12.2. The van der Waals surface area contributed by atoms with Crippen LogP contribution in [0.2, 0.25) is 0 Å². The summed E-state index contributed by atoms with van der Waals surface area (Å²) >= 11 is 0. The fraction of sp³-hybridized carbons (Fsp3) is 0.400. The molecule has 6 heteroatoms.